The molecule has 1 saturated heterocycles. The fourth-order valence-corrected chi connectivity index (χ4v) is 3.13. The maximum Gasteiger partial charge on any atom is 0.326 e. The molecule has 0 spiro atoms. The molecule has 1 aromatic carbocycles. The number of rotatable bonds is 4. The number of benzene rings is 1. The quantitative estimate of drug-likeness (QED) is 0.882. The van der Waals surface area contributed by atoms with E-state index in [1.54, 1.807) is 6.07 Å². The van der Waals surface area contributed by atoms with Gasteiger partial charge in [-0.2, -0.15) is 0 Å². The summed E-state index contributed by atoms with van der Waals surface area (Å²) >= 11 is 0. The minimum Gasteiger partial charge on any atom is -0.364 e. The molecule has 1 aromatic heterocycles. The van der Waals surface area contributed by atoms with Gasteiger partial charge in [0.05, 0.1) is 11.9 Å². The van der Waals surface area contributed by atoms with Gasteiger partial charge in [0.2, 0.25) is 0 Å². The highest BCUT2D eigenvalue weighted by atomic mass is 16.2. The third-order valence-electron chi connectivity index (χ3n) is 4.57. The number of amides is 3. The zero-order valence-electron chi connectivity index (χ0n) is 14.8. The summed E-state index contributed by atoms with van der Waals surface area (Å²) in [4.78, 5) is 32.2. The number of hydrogen-bond acceptors (Lipinski definition) is 4. The lowest BCUT2D eigenvalue weighted by atomic mass is 10.0. The van der Waals surface area contributed by atoms with E-state index in [1.807, 2.05) is 35.2 Å². The standard InChI is InChI=1S/C19H23N5O2/c1-23-11-9-16(10-12-23)24(15-5-3-2-4-6-15)19(26)22-14-7-8-17(18(20)25)21-13-14/h2-8,13,16H,9-12H2,1H3,(H2,20,25)(H,22,26). The number of aromatic nitrogens is 1. The normalized spacial score (nSPS) is 15.4. The van der Waals surface area contributed by atoms with Crippen molar-refractivity contribution < 1.29 is 9.59 Å². The molecule has 0 bridgehead atoms. The number of carbonyl (C=O) groups excluding carboxylic acids is 2. The zero-order chi connectivity index (χ0) is 18.5. The van der Waals surface area contributed by atoms with Gasteiger partial charge in [-0.3, -0.25) is 9.69 Å². The molecule has 7 heteroatoms. The van der Waals surface area contributed by atoms with Crippen molar-refractivity contribution in [2.45, 2.75) is 18.9 Å². The van der Waals surface area contributed by atoms with Crippen LogP contribution in [-0.4, -0.2) is 48.0 Å². The highest BCUT2D eigenvalue weighted by molar-refractivity contribution is 6.02. The molecule has 0 saturated carbocycles. The zero-order valence-corrected chi connectivity index (χ0v) is 14.8. The van der Waals surface area contributed by atoms with Gasteiger partial charge in [0.25, 0.3) is 5.91 Å². The Labute approximate surface area is 152 Å². The predicted molar refractivity (Wildman–Crippen MR) is 101 cm³/mol. The van der Waals surface area contributed by atoms with Gasteiger partial charge < -0.3 is 16.0 Å². The van der Waals surface area contributed by atoms with Crippen LogP contribution in [0.1, 0.15) is 23.3 Å². The Bertz CT molecular complexity index is 755. The van der Waals surface area contributed by atoms with Crippen LogP contribution >= 0.6 is 0 Å². The van der Waals surface area contributed by atoms with Gasteiger partial charge in [0.15, 0.2) is 0 Å². The van der Waals surface area contributed by atoms with Gasteiger partial charge in [-0.05, 0) is 57.2 Å². The van der Waals surface area contributed by atoms with Crippen molar-refractivity contribution in [2.75, 3.05) is 30.4 Å². The van der Waals surface area contributed by atoms with Crippen LogP contribution in [0.4, 0.5) is 16.2 Å². The number of pyridine rings is 1. The lowest BCUT2D eigenvalue weighted by Gasteiger charge is -2.37. The smallest absolute Gasteiger partial charge is 0.326 e. The van der Waals surface area contributed by atoms with Gasteiger partial charge in [0, 0.05) is 11.7 Å². The summed E-state index contributed by atoms with van der Waals surface area (Å²) in [6.45, 7) is 1.91. The fourth-order valence-electron chi connectivity index (χ4n) is 3.13. The molecule has 3 N–H and O–H groups in total. The van der Waals surface area contributed by atoms with E-state index in [2.05, 4.69) is 22.2 Å². The summed E-state index contributed by atoms with van der Waals surface area (Å²) in [7, 11) is 2.09. The van der Waals surface area contributed by atoms with Crippen LogP contribution in [0.25, 0.3) is 0 Å². The first-order chi connectivity index (χ1) is 12.5. The topological polar surface area (TPSA) is 91.6 Å². The number of likely N-dealkylation sites (tertiary alicyclic amines) is 1. The molecule has 1 aliphatic rings. The molecule has 136 valence electrons. The molecule has 1 fully saturated rings. The number of para-hydroxylation sites is 1. The summed E-state index contributed by atoms with van der Waals surface area (Å²) in [6, 6.07) is 12.7. The third-order valence-corrected chi connectivity index (χ3v) is 4.57. The Hall–Kier alpha value is -2.93. The van der Waals surface area contributed by atoms with Crippen LogP contribution in [0.5, 0.6) is 0 Å². The van der Waals surface area contributed by atoms with Crippen LogP contribution in [0, 0.1) is 0 Å². The molecule has 3 rings (SSSR count). The van der Waals surface area contributed by atoms with Crippen LogP contribution in [0.2, 0.25) is 0 Å². The fraction of sp³-hybridized carbons (Fsp3) is 0.316. The first kappa shape index (κ1) is 17.9. The largest absolute Gasteiger partial charge is 0.364 e. The molecule has 0 unspecified atom stereocenters. The van der Waals surface area contributed by atoms with E-state index in [-0.39, 0.29) is 17.8 Å². The summed E-state index contributed by atoms with van der Waals surface area (Å²) in [5, 5.41) is 2.87. The van der Waals surface area contributed by atoms with E-state index in [4.69, 9.17) is 5.73 Å². The number of carbonyl (C=O) groups is 2. The molecule has 1 aliphatic heterocycles. The molecule has 26 heavy (non-hydrogen) atoms. The maximum atomic E-state index is 13.0. The minimum absolute atomic E-state index is 0.131. The number of anilines is 2. The SMILES string of the molecule is CN1CCC(N(C(=O)Nc2ccc(C(N)=O)nc2)c2ccccc2)CC1. The molecule has 0 radical (unpaired) electrons. The Balaban J connectivity index is 1.79. The summed E-state index contributed by atoms with van der Waals surface area (Å²) in [5.41, 5.74) is 6.75. The Morgan fingerprint density at radius 2 is 1.85 bits per heavy atom. The number of hydrogen-bond donors (Lipinski definition) is 2. The average molecular weight is 353 g/mol. The summed E-state index contributed by atoms with van der Waals surface area (Å²) in [6.07, 6.45) is 3.27. The second-order valence-electron chi connectivity index (χ2n) is 6.47. The van der Waals surface area contributed by atoms with Crippen molar-refractivity contribution in [1.82, 2.24) is 9.88 Å². The molecular weight excluding hydrogens is 330 g/mol. The first-order valence-corrected chi connectivity index (χ1v) is 8.64. The van der Waals surface area contributed by atoms with Crippen molar-refractivity contribution in [3.05, 3.63) is 54.4 Å². The lowest BCUT2D eigenvalue weighted by Crippen LogP contribution is -2.48. The number of piperidine rings is 1. The van der Waals surface area contributed by atoms with Crippen molar-refractivity contribution in [2.24, 2.45) is 5.73 Å². The molecule has 0 atom stereocenters. The van der Waals surface area contributed by atoms with Crippen LogP contribution < -0.4 is 16.0 Å². The molecule has 7 nitrogen and oxygen atoms in total. The van der Waals surface area contributed by atoms with Crippen LogP contribution in [0.15, 0.2) is 48.7 Å². The molecule has 2 aromatic rings. The molecule has 2 heterocycles. The van der Waals surface area contributed by atoms with Crippen molar-refractivity contribution in [1.29, 1.82) is 0 Å². The predicted octanol–water partition coefficient (Wildman–Crippen LogP) is 2.31. The van der Waals surface area contributed by atoms with Crippen LogP contribution in [0.3, 0.4) is 0 Å². The van der Waals surface area contributed by atoms with E-state index >= 15 is 0 Å². The second kappa shape index (κ2) is 7.97. The van der Waals surface area contributed by atoms with Crippen molar-refractivity contribution >= 4 is 23.3 Å². The Kier molecular flexibility index (Phi) is 5.48. The minimum atomic E-state index is -0.597. The molecule has 3 amide bonds. The van der Waals surface area contributed by atoms with E-state index in [0.717, 1.165) is 31.6 Å². The van der Waals surface area contributed by atoms with E-state index in [9.17, 15) is 9.59 Å². The van der Waals surface area contributed by atoms with Crippen LogP contribution in [-0.2, 0) is 0 Å². The van der Waals surface area contributed by atoms with Crippen molar-refractivity contribution in [3.63, 3.8) is 0 Å². The number of nitrogens with one attached hydrogen (secondary N) is 1. The van der Waals surface area contributed by atoms with Crippen molar-refractivity contribution in [3.8, 4) is 0 Å². The van der Waals surface area contributed by atoms with Gasteiger partial charge in [-0.15, -0.1) is 0 Å². The number of urea groups is 1. The monoisotopic (exact) mass is 353 g/mol. The number of nitrogens with zero attached hydrogens (tertiary/aromatic N) is 3. The first-order valence-electron chi connectivity index (χ1n) is 8.64. The number of primary amides is 1. The lowest BCUT2D eigenvalue weighted by molar-refractivity contribution is 0.0995. The third kappa shape index (κ3) is 4.18. The summed E-state index contributed by atoms with van der Waals surface area (Å²) in [5.74, 6) is -0.597. The highest BCUT2D eigenvalue weighted by Gasteiger charge is 2.28. The summed E-state index contributed by atoms with van der Waals surface area (Å²) < 4.78 is 0. The maximum absolute atomic E-state index is 13.0. The molecule has 0 aliphatic carbocycles. The Morgan fingerprint density at radius 1 is 1.15 bits per heavy atom. The van der Waals surface area contributed by atoms with Gasteiger partial charge in [-0.1, -0.05) is 18.2 Å². The second-order valence-corrected chi connectivity index (χ2v) is 6.47. The Morgan fingerprint density at radius 3 is 2.42 bits per heavy atom. The van der Waals surface area contributed by atoms with E-state index in [0.29, 0.717) is 5.69 Å². The van der Waals surface area contributed by atoms with Gasteiger partial charge in [0.1, 0.15) is 5.69 Å². The average Bonchev–Trinajstić information content (AvgIpc) is 2.65. The van der Waals surface area contributed by atoms with Gasteiger partial charge in [-0.25, -0.2) is 9.78 Å². The van der Waals surface area contributed by atoms with Gasteiger partial charge >= 0.3 is 6.03 Å². The van der Waals surface area contributed by atoms with E-state index < -0.39 is 5.91 Å². The number of nitrogens with two attached hydrogens (primary N) is 1. The molecular formula is C19H23N5O2. The van der Waals surface area contributed by atoms with E-state index in [1.165, 1.54) is 12.3 Å². The highest BCUT2D eigenvalue weighted by Crippen LogP contribution is 2.24.